The summed E-state index contributed by atoms with van der Waals surface area (Å²) in [6, 6.07) is 27.6. The highest BCUT2D eigenvalue weighted by molar-refractivity contribution is 5.95. The molecular formula is C52H82O6. The quantitative estimate of drug-likeness (QED) is 0.150. The fraction of sp³-hybridized carbons (Fsp3) is 0.538. The van der Waals surface area contributed by atoms with E-state index in [1.807, 2.05) is 189 Å². The number of benzene rings is 3. The first-order chi connectivity index (χ1) is 27.3. The predicted octanol–water partition coefficient (Wildman–Crippen LogP) is 13.9. The van der Waals surface area contributed by atoms with Crippen LogP contribution in [-0.2, 0) is 36.8 Å². The summed E-state index contributed by atoms with van der Waals surface area (Å²) in [7, 11) is 0. The first-order valence-corrected chi connectivity index (χ1v) is 21.7. The normalized spacial score (nSPS) is 10.2. The van der Waals surface area contributed by atoms with Crippen LogP contribution in [0.4, 0.5) is 0 Å². The van der Waals surface area contributed by atoms with Gasteiger partial charge in [-0.15, -0.1) is 0 Å². The third kappa shape index (κ3) is 32.7. The van der Waals surface area contributed by atoms with Crippen molar-refractivity contribution >= 4 is 34.7 Å². The molecule has 0 aromatic heterocycles. The van der Waals surface area contributed by atoms with Gasteiger partial charge in [-0.2, -0.15) is 0 Å². The molecule has 3 aromatic carbocycles. The summed E-state index contributed by atoms with van der Waals surface area (Å²) in [5.74, 6) is 2.13. The van der Waals surface area contributed by atoms with Crippen LogP contribution in [0.1, 0.15) is 189 Å². The lowest BCUT2D eigenvalue weighted by molar-refractivity contribution is -0.126. The fourth-order valence-corrected chi connectivity index (χ4v) is 4.50. The van der Waals surface area contributed by atoms with Crippen molar-refractivity contribution < 1.29 is 28.8 Å². The van der Waals surface area contributed by atoms with Crippen LogP contribution < -0.4 is 0 Å². The van der Waals surface area contributed by atoms with E-state index in [1.54, 1.807) is 0 Å². The number of ketones is 6. The number of rotatable bonds is 14. The average molecular weight is 803 g/mol. The SMILES string of the molecule is CC.CCC(=O)C(C)(C)C.CCC(=O)C(C)C.CCC(=O)C(C)c1ccccc1.CCC(=O)CC.CCC(=O)Cc1ccccc1.CCC(=O)c1ccc(CC)cc1. The molecule has 0 bridgehead atoms. The molecule has 0 aliphatic rings. The number of Topliss-reactive ketones (excluding diaryl/α,β-unsaturated/α-hetero) is 6. The van der Waals surface area contributed by atoms with E-state index >= 15 is 0 Å². The van der Waals surface area contributed by atoms with E-state index in [0.717, 1.165) is 23.1 Å². The molecule has 326 valence electrons. The Morgan fingerprint density at radius 3 is 1.19 bits per heavy atom. The van der Waals surface area contributed by atoms with Crippen molar-refractivity contribution in [1.82, 2.24) is 0 Å². The summed E-state index contributed by atoms with van der Waals surface area (Å²) in [5.41, 5.74) is 4.20. The highest BCUT2D eigenvalue weighted by Crippen LogP contribution is 2.17. The molecule has 6 heteroatoms. The monoisotopic (exact) mass is 803 g/mol. The number of carbonyl (C=O) groups excluding carboxylic acids is 6. The largest absolute Gasteiger partial charge is 0.300 e. The van der Waals surface area contributed by atoms with Crippen molar-refractivity contribution in [2.45, 2.75) is 174 Å². The average Bonchev–Trinajstić information content (AvgIpc) is 3.26. The number of carbonyl (C=O) groups is 6. The molecule has 0 heterocycles. The molecule has 0 amide bonds. The number of aryl methyl sites for hydroxylation is 1. The summed E-state index contributed by atoms with van der Waals surface area (Å²) < 4.78 is 0. The maximum Gasteiger partial charge on any atom is 0.162 e. The summed E-state index contributed by atoms with van der Waals surface area (Å²) >= 11 is 0. The van der Waals surface area contributed by atoms with Gasteiger partial charge in [-0.1, -0.05) is 196 Å². The molecule has 3 aromatic rings. The van der Waals surface area contributed by atoms with Crippen molar-refractivity contribution in [3.05, 3.63) is 107 Å². The van der Waals surface area contributed by atoms with Gasteiger partial charge in [-0.3, -0.25) is 28.8 Å². The van der Waals surface area contributed by atoms with Gasteiger partial charge in [0, 0.05) is 74.2 Å². The summed E-state index contributed by atoms with van der Waals surface area (Å²) in [4.78, 5) is 65.0. The zero-order valence-corrected chi connectivity index (χ0v) is 39.6. The molecule has 0 saturated carbocycles. The zero-order chi connectivity index (χ0) is 45.7. The first kappa shape index (κ1) is 60.4. The van der Waals surface area contributed by atoms with Crippen molar-refractivity contribution in [2.75, 3.05) is 0 Å². The lowest BCUT2D eigenvalue weighted by atomic mass is 9.90. The van der Waals surface area contributed by atoms with E-state index in [2.05, 4.69) is 6.92 Å². The molecule has 0 N–H and O–H groups in total. The summed E-state index contributed by atoms with van der Waals surface area (Å²) in [6.07, 6.45) is 6.17. The Morgan fingerprint density at radius 2 is 0.914 bits per heavy atom. The Hall–Kier alpha value is -4.32. The van der Waals surface area contributed by atoms with Gasteiger partial charge in [0.05, 0.1) is 0 Å². The third-order valence-electron chi connectivity index (χ3n) is 8.71. The summed E-state index contributed by atoms with van der Waals surface area (Å²) in [6.45, 7) is 31.0. The second kappa shape index (κ2) is 38.2. The van der Waals surface area contributed by atoms with Gasteiger partial charge >= 0.3 is 0 Å². The van der Waals surface area contributed by atoms with Gasteiger partial charge in [0.1, 0.15) is 28.9 Å². The molecule has 0 aliphatic carbocycles. The van der Waals surface area contributed by atoms with Crippen molar-refractivity contribution in [2.24, 2.45) is 11.3 Å². The number of hydrogen-bond donors (Lipinski definition) is 0. The van der Waals surface area contributed by atoms with Crippen LogP contribution in [0.3, 0.4) is 0 Å². The zero-order valence-electron chi connectivity index (χ0n) is 39.6. The van der Waals surface area contributed by atoms with Crippen molar-refractivity contribution in [3.63, 3.8) is 0 Å². The molecule has 58 heavy (non-hydrogen) atoms. The van der Waals surface area contributed by atoms with Gasteiger partial charge < -0.3 is 0 Å². The van der Waals surface area contributed by atoms with Gasteiger partial charge in [-0.25, -0.2) is 0 Å². The Kier molecular flexibility index (Phi) is 39.8. The van der Waals surface area contributed by atoms with E-state index < -0.39 is 0 Å². The summed E-state index contributed by atoms with van der Waals surface area (Å²) in [5, 5.41) is 0. The van der Waals surface area contributed by atoms with E-state index in [4.69, 9.17) is 0 Å². The molecule has 3 rings (SSSR count). The van der Waals surface area contributed by atoms with Crippen LogP contribution >= 0.6 is 0 Å². The molecule has 0 saturated heterocycles. The molecule has 1 unspecified atom stereocenters. The van der Waals surface area contributed by atoms with Crippen LogP contribution in [0, 0.1) is 11.3 Å². The van der Waals surface area contributed by atoms with Crippen LogP contribution in [0.25, 0.3) is 0 Å². The molecule has 0 radical (unpaired) electrons. The van der Waals surface area contributed by atoms with Crippen LogP contribution in [0.15, 0.2) is 84.9 Å². The molecule has 0 aliphatic heterocycles. The van der Waals surface area contributed by atoms with Crippen LogP contribution in [0.5, 0.6) is 0 Å². The Balaban J connectivity index is -0.000000304. The minimum atomic E-state index is -0.130. The van der Waals surface area contributed by atoms with Crippen LogP contribution in [-0.4, -0.2) is 34.7 Å². The van der Waals surface area contributed by atoms with Crippen molar-refractivity contribution in [1.29, 1.82) is 0 Å². The molecule has 0 spiro atoms. The highest BCUT2D eigenvalue weighted by atomic mass is 16.1. The van der Waals surface area contributed by atoms with E-state index in [0.29, 0.717) is 80.3 Å². The van der Waals surface area contributed by atoms with Crippen LogP contribution in [0.2, 0.25) is 0 Å². The minimum absolute atomic E-state index is 0.0520. The smallest absolute Gasteiger partial charge is 0.162 e. The third-order valence-corrected chi connectivity index (χ3v) is 8.71. The number of hydrogen-bond acceptors (Lipinski definition) is 6. The molecule has 6 nitrogen and oxygen atoms in total. The topological polar surface area (TPSA) is 102 Å². The minimum Gasteiger partial charge on any atom is -0.300 e. The molecular weight excluding hydrogens is 721 g/mol. The highest BCUT2D eigenvalue weighted by Gasteiger charge is 2.18. The first-order valence-electron chi connectivity index (χ1n) is 21.7. The Bertz CT molecular complexity index is 1490. The maximum absolute atomic E-state index is 11.3. The van der Waals surface area contributed by atoms with E-state index in [9.17, 15) is 28.8 Å². The van der Waals surface area contributed by atoms with Gasteiger partial charge in [0.25, 0.3) is 0 Å². The van der Waals surface area contributed by atoms with Gasteiger partial charge in [0.15, 0.2) is 5.78 Å². The fourth-order valence-electron chi connectivity index (χ4n) is 4.50. The maximum atomic E-state index is 11.3. The van der Waals surface area contributed by atoms with Gasteiger partial charge in [-0.05, 0) is 23.1 Å². The lowest BCUT2D eigenvalue weighted by Gasteiger charge is -2.13. The standard InChI is InChI=1S/2C11H14O.C10H12O.C7H14O.C6H12O.C5H10O.C2H6/c1-3-11(12)9(2)10-7-5-4-6-8-10;1-3-9-5-7-10(8-6-9)11(12)4-2;1-2-10(11)8-9-6-4-3-5-7-9;1-5-6(8)7(2,3)4;1-4-6(7)5(2)3;1-3-5(6)4-2;1-2/h4-9H,3H2,1-2H3;5-8H,3-4H2,1-2H3;3-7H,2,8H2,1H3;5H2,1-4H3;5H,4H2,1-3H3;3-4H2,1-2H3;1-2H3. The Morgan fingerprint density at radius 1 is 0.483 bits per heavy atom. The van der Waals surface area contributed by atoms with E-state index in [1.165, 1.54) is 5.56 Å². The molecule has 0 fully saturated rings. The molecule has 1 atom stereocenters. The second-order valence-electron chi connectivity index (χ2n) is 14.6. The Labute approximate surface area is 355 Å². The lowest BCUT2D eigenvalue weighted by Crippen LogP contribution is -2.18. The van der Waals surface area contributed by atoms with E-state index in [-0.39, 0.29) is 23.0 Å². The predicted molar refractivity (Wildman–Crippen MR) is 248 cm³/mol. The van der Waals surface area contributed by atoms with Gasteiger partial charge in [0.2, 0.25) is 0 Å². The second-order valence-corrected chi connectivity index (χ2v) is 14.6. The van der Waals surface area contributed by atoms with Crippen molar-refractivity contribution in [3.8, 4) is 0 Å².